The molecule has 1 aromatic carbocycles. The summed E-state index contributed by atoms with van der Waals surface area (Å²) < 4.78 is 0. The van der Waals surface area contributed by atoms with Crippen molar-refractivity contribution in [1.29, 1.82) is 0 Å². The molecule has 0 aliphatic heterocycles. The third kappa shape index (κ3) is 2.57. The molecule has 15 heavy (non-hydrogen) atoms. The molecule has 0 saturated carbocycles. The Morgan fingerprint density at radius 3 is 2.67 bits per heavy atom. The van der Waals surface area contributed by atoms with Gasteiger partial charge in [-0.1, -0.05) is 41.4 Å². The van der Waals surface area contributed by atoms with Gasteiger partial charge >= 0.3 is 0 Å². The lowest BCUT2D eigenvalue weighted by Crippen LogP contribution is -2.05. The summed E-state index contributed by atoms with van der Waals surface area (Å²) in [7, 11) is 0. The minimum atomic E-state index is -0.0631. The van der Waals surface area contributed by atoms with Gasteiger partial charge in [0.15, 0.2) is 11.0 Å². The van der Waals surface area contributed by atoms with Gasteiger partial charge in [0, 0.05) is 17.5 Å². The first-order valence-corrected chi connectivity index (χ1v) is 4.99. The van der Waals surface area contributed by atoms with Gasteiger partial charge in [-0.05, 0) is 13.0 Å². The van der Waals surface area contributed by atoms with Gasteiger partial charge in [0.05, 0.1) is 0 Å². The Hall–Kier alpha value is -1.35. The fourth-order valence-corrected chi connectivity index (χ4v) is 1.48. The van der Waals surface area contributed by atoms with E-state index in [-0.39, 0.29) is 11.0 Å². The molecule has 0 aliphatic carbocycles. The van der Waals surface area contributed by atoms with Gasteiger partial charge in [0.2, 0.25) is 0 Å². The molecule has 3 nitrogen and oxygen atoms in total. The molecule has 0 unspecified atom stereocenters. The summed E-state index contributed by atoms with van der Waals surface area (Å²) in [6.07, 6.45) is 0.395. The van der Waals surface area contributed by atoms with Gasteiger partial charge in [-0.15, -0.1) is 0 Å². The summed E-state index contributed by atoms with van der Waals surface area (Å²) in [5, 5.41) is 11.4. The highest BCUT2D eigenvalue weighted by Crippen LogP contribution is 2.16. The van der Waals surface area contributed by atoms with Crippen molar-refractivity contribution in [1.82, 2.24) is 0 Å². The lowest BCUT2D eigenvalue weighted by molar-refractivity contribution is 0.0988. The molecule has 0 aliphatic rings. The highest BCUT2D eigenvalue weighted by atomic mass is 35.5. The first-order valence-electron chi connectivity index (χ1n) is 4.62. The number of aryl methyl sites for hydroxylation is 1. The molecule has 4 heteroatoms. The van der Waals surface area contributed by atoms with Crippen LogP contribution in [0.15, 0.2) is 23.4 Å². The highest BCUT2D eigenvalue weighted by Gasteiger charge is 2.13. The zero-order chi connectivity index (χ0) is 11.4. The van der Waals surface area contributed by atoms with Gasteiger partial charge in [-0.2, -0.15) is 0 Å². The van der Waals surface area contributed by atoms with E-state index < -0.39 is 0 Å². The van der Waals surface area contributed by atoms with Crippen LogP contribution in [0.2, 0.25) is 0 Å². The molecule has 0 atom stereocenters. The van der Waals surface area contributed by atoms with E-state index in [2.05, 4.69) is 5.16 Å². The molecular weight excluding hydrogens is 214 g/mol. The Morgan fingerprint density at radius 1 is 1.47 bits per heavy atom. The predicted molar refractivity (Wildman–Crippen MR) is 60.0 cm³/mol. The number of hydrogen-bond donors (Lipinski definition) is 1. The third-order valence-corrected chi connectivity index (χ3v) is 2.39. The minimum Gasteiger partial charge on any atom is -0.410 e. The summed E-state index contributed by atoms with van der Waals surface area (Å²) in [5.41, 5.74) is 1.94. The maximum atomic E-state index is 11.6. The van der Waals surface area contributed by atoms with E-state index in [9.17, 15) is 4.79 Å². The van der Waals surface area contributed by atoms with Crippen LogP contribution in [-0.4, -0.2) is 16.2 Å². The Morgan fingerprint density at radius 2 is 2.13 bits per heavy atom. The molecule has 0 aromatic heterocycles. The monoisotopic (exact) mass is 225 g/mol. The van der Waals surface area contributed by atoms with Gasteiger partial charge in [-0.25, -0.2) is 0 Å². The van der Waals surface area contributed by atoms with Crippen LogP contribution in [0.3, 0.4) is 0 Å². The predicted octanol–water partition coefficient (Wildman–Crippen LogP) is 2.96. The van der Waals surface area contributed by atoms with Crippen molar-refractivity contribution in [2.75, 3.05) is 0 Å². The van der Waals surface area contributed by atoms with Crippen molar-refractivity contribution in [2.24, 2.45) is 5.16 Å². The number of hydrogen-bond acceptors (Lipinski definition) is 3. The standard InChI is InChI=1S/C11H12ClNO2/c1-3-10(14)9-6-7(2)4-5-8(9)11(12)13-15/h4-6,15H,3H2,1-2H3. The van der Waals surface area contributed by atoms with Crippen LogP contribution < -0.4 is 0 Å². The van der Waals surface area contributed by atoms with E-state index >= 15 is 0 Å². The van der Waals surface area contributed by atoms with Gasteiger partial charge < -0.3 is 5.21 Å². The SMILES string of the molecule is CCC(=O)c1cc(C)ccc1C(Cl)=NO. The molecule has 1 rings (SSSR count). The molecule has 0 radical (unpaired) electrons. The Bertz CT molecular complexity index is 413. The number of rotatable bonds is 3. The molecule has 80 valence electrons. The van der Waals surface area contributed by atoms with Crippen LogP contribution in [0.4, 0.5) is 0 Å². The van der Waals surface area contributed by atoms with Crippen LogP contribution in [0.5, 0.6) is 0 Å². The molecule has 1 N–H and O–H groups in total. The zero-order valence-corrected chi connectivity index (χ0v) is 9.38. The average Bonchev–Trinajstić information content (AvgIpc) is 2.26. The van der Waals surface area contributed by atoms with E-state index in [1.54, 1.807) is 19.1 Å². The number of nitrogens with zero attached hydrogens (tertiary/aromatic N) is 1. The number of ketones is 1. The van der Waals surface area contributed by atoms with Crippen molar-refractivity contribution < 1.29 is 10.0 Å². The highest BCUT2D eigenvalue weighted by molar-refractivity contribution is 6.70. The number of halogens is 1. The first-order chi connectivity index (χ1) is 7.10. The molecule has 1 aromatic rings. The second-order valence-corrected chi connectivity index (χ2v) is 3.57. The van der Waals surface area contributed by atoms with E-state index in [0.717, 1.165) is 5.56 Å². The van der Waals surface area contributed by atoms with E-state index in [4.69, 9.17) is 16.8 Å². The summed E-state index contributed by atoms with van der Waals surface area (Å²) >= 11 is 5.70. The zero-order valence-electron chi connectivity index (χ0n) is 8.62. The van der Waals surface area contributed by atoms with Crippen molar-refractivity contribution in [3.63, 3.8) is 0 Å². The Labute approximate surface area is 93.4 Å². The lowest BCUT2D eigenvalue weighted by atomic mass is 10.0. The molecule has 0 spiro atoms. The Balaban J connectivity index is 3.33. The van der Waals surface area contributed by atoms with Crippen LogP contribution >= 0.6 is 11.6 Å². The Kier molecular flexibility index (Phi) is 3.86. The quantitative estimate of drug-likeness (QED) is 0.372. The second kappa shape index (κ2) is 4.94. The van der Waals surface area contributed by atoms with Gasteiger partial charge in [0.25, 0.3) is 0 Å². The fourth-order valence-electron chi connectivity index (χ4n) is 1.31. The minimum absolute atomic E-state index is 0.0181. The summed E-state index contributed by atoms with van der Waals surface area (Å²) in [6.45, 7) is 3.67. The first kappa shape index (κ1) is 11.7. The van der Waals surface area contributed by atoms with Crippen molar-refractivity contribution in [3.05, 3.63) is 34.9 Å². The fraction of sp³-hybridized carbons (Fsp3) is 0.273. The summed E-state index contributed by atoms with van der Waals surface area (Å²) in [5.74, 6) is -0.0181. The molecular formula is C11H12ClNO2. The number of benzene rings is 1. The van der Waals surface area contributed by atoms with Crippen LogP contribution in [-0.2, 0) is 0 Å². The van der Waals surface area contributed by atoms with Crippen molar-refractivity contribution in [2.45, 2.75) is 20.3 Å². The van der Waals surface area contributed by atoms with Crippen LogP contribution in [0.1, 0.15) is 34.8 Å². The normalized spacial score (nSPS) is 11.5. The summed E-state index contributed by atoms with van der Waals surface area (Å²) in [4.78, 5) is 11.6. The van der Waals surface area contributed by atoms with Gasteiger partial charge in [0.1, 0.15) is 0 Å². The second-order valence-electron chi connectivity index (χ2n) is 3.22. The van der Waals surface area contributed by atoms with Crippen LogP contribution in [0.25, 0.3) is 0 Å². The van der Waals surface area contributed by atoms with Crippen molar-refractivity contribution in [3.8, 4) is 0 Å². The van der Waals surface area contributed by atoms with E-state index in [0.29, 0.717) is 17.5 Å². The van der Waals surface area contributed by atoms with E-state index in [1.165, 1.54) is 0 Å². The molecule has 0 bridgehead atoms. The topological polar surface area (TPSA) is 49.7 Å². The number of carbonyl (C=O) groups is 1. The van der Waals surface area contributed by atoms with Gasteiger partial charge in [-0.3, -0.25) is 4.79 Å². The number of oxime groups is 1. The molecule has 0 saturated heterocycles. The maximum Gasteiger partial charge on any atom is 0.176 e. The van der Waals surface area contributed by atoms with Crippen molar-refractivity contribution >= 4 is 22.6 Å². The summed E-state index contributed by atoms with van der Waals surface area (Å²) in [6, 6.07) is 5.24. The molecule has 0 fully saturated rings. The maximum absolute atomic E-state index is 11.6. The number of carbonyl (C=O) groups excluding carboxylic acids is 1. The van der Waals surface area contributed by atoms with Crippen LogP contribution in [0, 0.1) is 6.92 Å². The lowest BCUT2D eigenvalue weighted by Gasteiger charge is -2.06. The number of Topliss-reactive ketones (excluding diaryl/α,β-unsaturated/α-hetero) is 1. The third-order valence-electron chi connectivity index (χ3n) is 2.11. The largest absolute Gasteiger partial charge is 0.410 e. The average molecular weight is 226 g/mol. The van der Waals surface area contributed by atoms with E-state index in [1.807, 2.05) is 13.0 Å². The smallest absolute Gasteiger partial charge is 0.176 e. The molecule has 0 heterocycles. The molecule has 0 amide bonds.